The number of amides is 1. The Morgan fingerprint density at radius 1 is 1.08 bits per heavy atom. The van der Waals surface area contributed by atoms with E-state index in [9.17, 15) is 9.18 Å². The molecule has 126 valence electrons. The van der Waals surface area contributed by atoms with E-state index in [1.165, 1.54) is 12.1 Å². The third-order valence-corrected chi connectivity index (χ3v) is 3.78. The monoisotopic (exact) mass is 355 g/mol. The van der Waals surface area contributed by atoms with Gasteiger partial charge in [-0.15, -0.1) is 0 Å². The van der Waals surface area contributed by atoms with Crippen molar-refractivity contribution in [2.45, 2.75) is 6.92 Å². The highest BCUT2D eigenvalue weighted by atomic mass is 35.5. The number of aromatic nitrogens is 1. The molecule has 6 heteroatoms. The van der Waals surface area contributed by atoms with Crippen LogP contribution in [0, 0.1) is 12.7 Å². The molecule has 1 heterocycles. The maximum atomic E-state index is 13.2. The molecule has 4 nitrogen and oxygen atoms in total. The normalized spacial score (nSPS) is 10.4. The van der Waals surface area contributed by atoms with Crippen molar-refractivity contribution >= 4 is 34.7 Å². The first-order valence-electron chi connectivity index (χ1n) is 7.57. The Balaban J connectivity index is 1.67. The second-order valence-corrected chi connectivity index (χ2v) is 5.92. The molecule has 3 rings (SSSR count). The number of aryl methyl sites for hydroxylation is 1. The summed E-state index contributed by atoms with van der Waals surface area (Å²) < 4.78 is 13.2. The van der Waals surface area contributed by atoms with Crippen LogP contribution in [0.3, 0.4) is 0 Å². The van der Waals surface area contributed by atoms with Crippen molar-refractivity contribution in [3.63, 3.8) is 0 Å². The second kappa shape index (κ2) is 7.32. The van der Waals surface area contributed by atoms with Crippen molar-refractivity contribution in [2.24, 2.45) is 0 Å². The van der Waals surface area contributed by atoms with Crippen molar-refractivity contribution in [1.29, 1.82) is 0 Å². The molecule has 0 aliphatic carbocycles. The number of rotatable bonds is 4. The molecule has 2 aromatic carbocycles. The van der Waals surface area contributed by atoms with E-state index in [2.05, 4.69) is 15.6 Å². The number of benzene rings is 2. The van der Waals surface area contributed by atoms with E-state index in [0.29, 0.717) is 22.8 Å². The summed E-state index contributed by atoms with van der Waals surface area (Å²) in [6, 6.07) is 15.1. The van der Waals surface area contributed by atoms with Crippen molar-refractivity contribution in [1.82, 2.24) is 4.98 Å². The topological polar surface area (TPSA) is 54.0 Å². The molecule has 3 aromatic rings. The van der Waals surface area contributed by atoms with Crippen LogP contribution in [0.25, 0.3) is 0 Å². The van der Waals surface area contributed by atoms with Gasteiger partial charge in [-0.2, -0.15) is 0 Å². The van der Waals surface area contributed by atoms with Gasteiger partial charge in [0.2, 0.25) is 0 Å². The van der Waals surface area contributed by atoms with Crippen LogP contribution in [0.2, 0.25) is 5.02 Å². The lowest BCUT2D eigenvalue weighted by molar-refractivity contribution is 0.102. The number of pyridine rings is 1. The number of hydrogen-bond donors (Lipinski definition) is 2. The Morgan fingerprint density at radius 3 is 2.56 bits per heavy atom. The standard InChI is InChI=1S/C19H15ClFN3O/c1-12-3-2-4-13(9-12)19(25)24-15-6-8-18(22-11-15)23-14-5-7-17(21)16(20)10-14/h2-11H,1H3,(H,22,23)(H,24,25). The number of halogens is 2. The van der Waals surface area contributed by atoms with Gasteiger partial charge in [-0.1, -0.05) is 29.3 Å². The zero-order chi connectivity index (χ0) is 17.8. The van der Waals surface area contributed by atoms with Gasteiger partial charge >= 0.3 is 0 Å². The first-order chi connectivity index (χ1) is 12.0. The summed E-state index contributed by atoms with van der Waals surface area (Å²) in [5.41, 5.74) is 2.80. The zero-order valence-electron chi connectivity index (χ0n) is 13.4. The summed E-state index contributed by atoms with van der Waals surface area (Å²) in [4.78, 5) is 16.4. The summed E-state index contributed by atoms with van der Waals surface area (Å²) in [6.07, 6.45) is 1.54. The summed E-state index contributed by atoms with van der Waals surface area (Å²) in [5.74, 6) is -0.123. The first-order valence-corrected chi connectivity index (χ1v) is 7.95. The minimum atomic E-state index is -0.477. The lowest BCUT2D eigenvalue weighted by Gasteiger charge is -2.09. The van der Waals surface area contributed by atoms with Crippen LogP contribution < -0.4 is 10.6 Å². The van der Waals surface area contributed by atoms with Crippen LogP contribution in [0.15, 0.2) is 60.8 Å². The Hall–Kier alpha value is -2.92. The predicted molar refractivity (Wildman–Crippen MR) is 98.1 cm³/mol. The molecule has 0 fully saturated rings. The van der Waals surface area contributed by atoms with E-state index in [0.717, 1.165) is 5.56 Å². The summed E-state index contributed by atoms with van der Waals surface area (Å²) in [7, 11) is 0. The average molecular weight is 356 g/mol. The van der Waals surface area contributed by atoms with Gasteiger partial charge in [0.25, 0.3) is 5.91 Å². The number of carbonyl (C=O) groups is 1. The van der Waals surface area contributed by atoms with Crippen LogP contribution in [-0.4, -0.2) is 10.9 Å². The van der Waals surface area contributed by atoms with E-state index in [-0.39, 0.29) is 10.9 Å². The largest absolute Gasteiger partial charge is 0.340 e. The fourth-order valence-corrected chi connectivity index (χ4v) is 2.43. The quantitative estimate of drug-likeness (QED) is 0.678. The van der Waals surface area contributed by atoms with E-state index < -0.39 is 5.82 Å². The fourth-order valence-electron chi connectivity index (χ4n) is 2.25. The minimum Gasteiger partial charge on any atom is -0.340 e. The number of carbonyl (C=O) groups excluding carboxylic acids is 1. The predicted octanol–water partition coefficient (Wildman–Crippen LogP) is 5.18. The van der Waals surface area contributed by atoms with Gasteiger partial charge < -0.3 is 10.6 Å². The Labute approximate surface area is 149 Å². The highest BCUT2D eigenvalue weighted by molar-refractivity contribution is 6.31. The summed E-state index contributed by atoms with van der Waals surface area (Å²) in [6.45, 7) is 1.93. The molecule has 0 saturated heterocycles. The molecule has 2 N–H and O–H groups in total. The minimum absolute atomic E-state index is 0.0343. The average Bonchev–Trinajstić information content (AvgIpc) is 2.60. The van der Waals surface area contributed by atoms with Gasteiger partial charge in [0.15, 0.2) is 0 Å². The Morgan fingerprint density at radius 2 is 1.88 bits per heavy atom. The van der Waals surface area contributed by atoms with Crippen LogP contribution in [0.1, 0.15) is 15.9 Å². The molecule has 0 radical (unpaired) electrons. The van der Waals surface area contributed by atoms with Gasteiger partial charge in [-0.25, -0.2) is 9.37 Å². The molecule has 25 heavy (non-hydrogen) atoms. The first kappa shape index (κ1) is 16.9. The maximum Gasteiger partial charge on any atom is 0.255 e. The molecule has 1 amide bonds. The summed E-state index contributed by atoms with van der Waals surface area (Å²) in [5, 5.41) is 5.84. The second-order valence-electron chi connectivity index (χ2n) is 5.51. The van der Waals surface area contributed by atoms with Crippen molar-refractivity contribution in [3.05, 3.63) is 82.8 Å². The zero-order valence-corrected chi connectivity index (χ0v) is 14.1. The van der Waals surface area contributed by atoms with Gasteiger partial charge in [0, 0.05) is 11.3 Å². The third kappa shape index (κ3) is 4.33. The Bertz CT molecular complexity index is 913. The number of hydrogen-bond acceptors (Lipinski definition) is 3. The van der Waals surface area contributed by atoms with Gasteiger partial charge in [-0.3, -0.25) is 4.79 Å². The smallest absolute Gasteiger partial charge is 0.255 e. The van der Waals surface area contributed by atoms with Crippen LogP contribution in [-0.2, 0) is 0 Å². The number of anilines is 3. The summed E-state index contributed by atoms with van der Waals surface area (Å²) >= 11 is 5.75. The molecule has 1 aromatic heterocycles. The maximum absolute atomic E-state index is 13.2. The van der Waals surface area contributed by atoms with Crippen LogP contribution in [0.5, 0.6) is 0 Å². The molecular weight excluding hydrogens is 341 g/mol. The molecular formula is C19H15ClFN3O. The molecule has 0 spiro atoms. The molecule has 0 aliphatic rings. The van der Waals surface area contributed by atoms with Gasteiger partial charge in [0.05, 0.1) is 16.9 Å². The van der Waals surface area contributed by atoms with E-state index >= 15 is 0 Å². The molecule has 0 bridgehead atoms. The fraction of sp³-hybridized carbons (Fsp3) is 0.0526. The number of nitrogens with zero attached hydrogens (tertiary/aromatic N) is 1. The van der Waals surface area contributed by atoms with Gasteiger partial charge in [-0.05, 0) is 49.4 Å². The van der Waals surface area contributed by atoms with E-state index in [4.69, 9.17) is 11.6 Å². The van der Waals surface area contributed by atoms with Crippen molar-refractivity contribution in [3.8, 4) is 0 Å². The molecule has 0 saturated carbocycles. The van der Waals surface area contributed by atoms with E-state index in [1.54, 1.807) is 30.5 Å². The van der Waals surface area contributed by atoms with Crippen molar-refractivity contribution < 1.29 is 9.18 Å². The van der Waals surface area contributed by atoms with Crippen LogP contribution in [0.4, 0.5) is 21.6 Å². The third-order valence-electron chi connectivity index (χ3n) is 3.49. The molecule has 0 unspecified atom stereocenters. The highest BCUT2D eigenvalue weighted by Gasteiger charge is 2.07. The van der Waals surface area contributed by atoms with Crippen molar-refractivity contribution in [2.75, 3.05) is 10.6 Å². The Kier molecular flexibility index (Phi) is 4.95. The van der Waals surface area contributed by atoms with Gasteiger partial charge in [0.1, 0.15) is 11.6 Å². The highest BCUT2D eigenvalue weighted by Crippen LogP contribution is 2.22. The van der Waals surface area contributed by atoms with E-state index in [1.807, 2.05) is 25.1 Å². The lowest BCUT2D eigenvalue weighted by atomic mass is 10.1. The number of nitrogens with one attached hydrogen (secondary N) is 2. The SMILES string of the molecule is Cc1cccc(C(=O)Nc2ccc(Nc3ccc(F)c(Cl)c3)nc2)c1. The van der Waals surface area contributed by atoms with Crippen LogP contribution >= 0.6 is 11.6 Å². The molecule has 0 aliphatic heterocycles. The molecule has 0 atom stereocenters. The lowest BCUT2D eigenvalue weighted by Crippen LogP contribution is -2.12.